The first-order chi connectivity index (χ1) is 4.70. The Morgan fingerprint density at radius 1 is 1.80 bits per heavy atom. The van der Waals surface area contributed by atoms with Gasteiger partial charge in [0.15, 0.2) is 6.23 Å². The van der Waals surface area contributed by atoms with Crippen molar-refractivity contribution >= 4 is 11.8 Å². The van der Waals surface area contributed by atoms with Crippen molar-refractivity contribution in [3.05, 3.63) is 17.7 Å². The summed E-state index contributed by atoms with van der Waals surface area (Å²) in [6.07, 6.45) is 1.60. The monoisotopic (exact) mass is 139 g/mol. The molecule has 0 spiro atoms. The fourth-order valence-electron chi connectivity index (χ4n) is 0.517. The zero-order chi connectivity index (χ0) is 7.56. The van der Waals surface area contributed by atoms with Crippen molar-refractivity contribution in [2.75, 3.05) is 0 Å². The molecule has 0 amide bonds. The van der Waals surface area contributed by atoms with E-state index in [0.717, 1.165) is 0 Å². The van der Waals surface area contributed by atoms with Crippen LogP contribution in [0.4, 0.5) is 0 Å². The molecule has 0 fully saturated rings. The summed E-state index contributed by atoms with van der Waals surface area (Å²) in [7, 11) is 0. The molecule has 1 heterocycles. The number of hydrogen-bond donors (Lipinski definition) is 2. The molecule has 4 nitrogen and oxygen atoms in total. The summed E-state index contributed by atoms with van der Waals surface area (Å²) in [6.45, 7) is 0. The molecule has 1 aliphatic heterocycles. The first-order valence-electron chi connectivity index (χ1n) is 2.62. The van der Waals surface area contributed by atoms with Gasteiger partial charge >= 0.3 is 5.97 Å². The molecule has 0 aromatic heterocycles. The normalized spacial score (nSPS) is 22.5. The fraction of sp³-hybridized carbons (Fsp3) is 0.167. The van der Waals surface area contributed by atoms with Crippen LogP contribution in [0.5, 0.6) is 0 Å². The molecule has 52 valence electrons. The van der Waals surface area contributed by atoms with Gasteiger partial charge in [0.25, 0.3) is 0 Å². The Bertz CT molecular complexity index is 248. The van der Waals surface area contributed by atoms with Crippen LogP contribution in [-0.2, 0) is 4.79 Å². The molecule has 10 heavy (non-hydrogen) atoms. The SMILES string of the molecule is O=C(O)C1=C=NC(O)C=C1. The van der Waals surface area contributed by atoms with Crippen molar-refractivity contribution in [3.8, 4) is 0 Å². The summed E-state index contributed by atoms with van der Waals surface area (Å²) in [6, 6.07) is 0. The van der Waals surface area contributed by atoms with Crippen LogP contribution in [-0.4, -0.2) is 28.3 Å². The second-order valence-electron chi connectivity index (χ2n) is 1.73. The van der Waals surface area contributed by atoms with Gasteiger partial charge in [-0.25, -0.2) is 9.79 Å². The average molecular weight is 139 g/mol. The molecule has 1 unspecified atom stereocenters. The first kappa shape index (κ1) is 6.74. The molecule has 2 N–H and O–H groups in total. The molecule has 1 aliphatic rings. The Morgan fingerprint density at radius 2 is 2.50 bits per heavy atom. The third-order valence-corrected chi connectivity index (χ3v) is 0.983. The fourth-order valence-corrected chi connectivity index (χ4v) is 0.517. The number of aliphatic hydroxyl groups excluding tert-OH is 1. The van der Waals surface area contributed by atoms with Crippen LogP contribution < -0.4 is 0 Å². The highest BCUT2D eigenvalue weighted by Gasteiger charge is 2.06. The summed E-state index contributed by atoms with van der Waals surface area (Å²) in [5.74, 6) is 1.08. The van der Waals surface area contributed by atoms with E-state index in [1.54, 1.807) is 0 Å². The van der Waals surface area contributed by atoms with Gasteiger partial charge in [0.2, 0.25) is 0 Å². The zero-order valence-electron chi connectivity index (χ0n) is 4.98. The highest BCUT2D eigenvalue weighted by atomic mass is 16.4. The molecule has 0 saturated heterocycles. The van der Waals surface area contributed by atoms with Gasteiger partial charge in [-0.3, -0.25) is 0 Å². The van der Waals surface area contributed by atoms with Gasteiger partial charge in [0.05, 0.1) is 0 Å². The molecular weight excluding hydrogens is 134 g/mol. The maximum absolute atomic E-state index is 10.2. The number of hydrogen-bond acceptors (Lipinski definition) is 3. The van der Waals surface area contributed by atoms with E-state index in [2.05, 4.69) is 10.9 Å². The van der Waals surface area contributed by atoms with Gasteiger partial charge in [-0.15, -0.1) is 0 Å². The maximum atomic E-state index is 10.2. The van der Waals surface area contributed by atoms with Crippen molar-refractivity contribution in [1.82, 2.24) is 0 Å². The lowest BCUT2D eigenvalue weighted by Gasteiger charge is -1.98. The molecular formula is C6H5NO3. The number of nitrogens with zero attached hydrogens (tertiary/aromatic N) is 1. The standard InChI is InChI=1S/C6H5NO3/c8-5-2-1-4(3-7-5)6(9)10/h1-2,5,8H,(H,9,10). The summed E-state index contributed by atoms with van der Waals surface area (Å²) < 4.78 is 0. The highest BCUT2D eigenvalue weighted by molar-refractivity contribution is 5.99. The number of aliphatic hydroxyl groups is 1. The number of aliphatic carboxylic acids is 1. The zero-order valence-corrected chi connectivity index (χ0v) is 4.98. The van der Waals surface area contributed by atoms with Crippen molar-refractivity contribution < 1.29 is 15.0 Å². The van der Waals surface area contributed by atoms with Gasteiger partial charge in [0.1, 0.15) is 5.57 Å². The molecule has 0 bridgehead atoms. The minimum atomic E-state index is -1.09. The summed E-state index contributed by atoms with van der Waals surface area (Å²) in [4.78, 5) is 13.5. The Hall–Kier alpha value is -1.38. The summed E-state index contributed by atoms with van der Waals surface area (Å²) >= 11 is 0. The topological polar surface area (TPSA) is 69.9 Å². The molecule has 1 atom stereocenters. The minimum absolute atomic E-state index is 0.0368. The number of carboxylic acids is 1. The molecule has 0 saturated carbocycles. The third-order valence-electron chi connectivity index (χ3n) is 0.983. The van der Waals surface area contributed by atoms with Crippen molar-refractivity contribution in [1.29, 1.82) is 0 Å². The van der Waals surface area contributed by atoms with Gasteiger partial charge in [-0.1, -0.05) is 0 Å². The van der Waals surface area contributed by atoms with Gasteiger partial charge < -0.3 is 10.2 Å². The van der Waals surface area contributed by atoms with Crippen LogP contribution >= 0.6 is 0 Å². The minimum Gasteiger partial charge on any atom is -0.477 e. The van der Waals surface area contributed by atoms with Crippen LogP contribution in [0.2, 0.25) is 0 Å². The van der Waals surface area contributed by atoms with Crippen molar-refractivity contribution in [2.45, 2.75) is 6.23 Å². The lowest BCUT2D eigenvalue weighted by Crippen LogP contribution is -2.06. The molecule has 0 aromatic rings. The van der Waals surface area contributed by atoms with E-state index in [1.807, 2.05) is 0 Å². The van der Waals surface area contributed by atoms with Gasteiger partial charge in [-0.05, 0) is 12.2 Å². The van der Waals surface area contributed by atoms with Crippen LogP contribution in [0.15, 0.2) is 22.7 Å². The van der Waals surface area contributed by atoms with E-state index < -0.39 is 12.2 Å². The second-order valence-corrected chi connectivity index (χ2v) is 1.73. The van der Waals surface area contributed by atoms with E-state index in [4.69, 9.17) is 10.2 Å². The lowest BCUT2D eigenvalue weighted by molar-refractivity contribution is -0.132. The van der Waals surface area contributed by atoms with Gasteiger partial charge in [0, 0.05) is 5.87 Å². The van der Waals surface area contributed by atoms with Gasteiger partial charge in [-0.2, -0.15) is 0 Å². The Morgan fingerprint density at radius 3 is 2.90 bits per heavy atom. The highest BCUT2D eigenvalue weighted by Crippen LogP contribution is 1.99. The Balaban J connectivity index is 2.92. The molecule has 0 aromatic carbocycles. The number of aliphatic imine (C=N–C) groups is 1. The summed E-state index contributed by atoms with van der Waals surface area (Å²) in [5.41, 5.74) is -0.0368. The molecule has 0 radical (unpaired) electrons. The predicted molar refractivity (Wildman–Crippen MR) is 33.7 cm³/mol. The number of carboxylic acid groups (broad SMARTS) is 1. The van der Waals surface area contributed by atoms with E-state index in [9.17, 15) is 4.79 Å². The van der Waals surface area contributed by atoms with Crippen LogP contribution in [0.3, 0.4) is 0 Å². The molecule has 1 rings (SSSR count). The Labute approximate surface area is 56.8 Å². The van der Waals surface area contributed by atoms with Crippen LogP contribution in [0, 0.1) is 0 Å². The maximum Gasteiger partial charge on any atom is 0.345 e. The Kier molecular flexibility index (Phi) is 1.67. The van der Waals surface area contributed by atoms with Crippen molar-refractivity contribution in [2.24, 2.45) is 4.99 Å². The molecule has 4 heteroatoms. The predicted octanol–water partition coefficient (Wildman–Crippen LogP) is -0.445. The van der Waals surface area contributed by atoms with Crippen molar-refractivity contribution in [3.63, 3.8) is 0 Å². The van der Waals surface area contributed by atoms with Crippen LogP contribution in [0.1, 0.15) is 0 Å². The average Bonchev–Trinajstić information content (AvgIpc) is 1.88. The lowest BCUT2D eigenvalue weighted by atomic mass is 10.2. The number of carbonyl (C=O) groups is 1. The summed E-state index contributed by atoms with van der Waals surface area (Å²) in [5, 5.41) is 17.0. The smallest absolute Gasteiger partial charge is 0.345 e. The quantitative estimate of drug-likeness (QED) is 0.517. The first-order valence-corrected chi connectivity index (χ1v) is 2.62. The third kappa shape index (κ3) is 1.31. The van der Waals surface area contributed by atoms with E-state index in [0.29, 0.717) is 0 Å². The van der Waals surface area contributed by atoms with Crippen LogP contribution in [0.25, 0.3) is 0 Å². The second kappa shape index (κ2) is 2.47. The van der Waals surface area contributed by atoms with E-state index in [1.165, 1.54) is 12.2 Å². The van der Waals surface area contributed by atoms with E-state index in [-0.39, 0.29) is 5.57 Å². The number of rotatable bonds is 1. The van der Waals surface area contributed by atoms with E-state index >= 15 is 0 Å². The largest absolute Gasteiger partial charge is 0.477 e. The molecule has 0 aliphatic carbocycles.